The van der Waals surface area contributed by atoms with Crippen LogP contribution in [0.5, 0.6) is 11.5 Å². The van der Waals surface area contributed by atoms with Gasteiger partial charge >= 0.3 is 11.9 Å². The Bertz CT molecular complexity index is 1010. The third-order valence-electron chi connectivity index (χ3n) is 5.14. The Morgan fingerprint density at radius 3 is 2.52 bits per heavy atom. The van der Waals surface area contributed by atoms with Gasteiger partial charge in [-0.2, -0.15) is 13.2 Å². The molecule has 1 fully saturated rings. The van der Waals surface area contributed by atoms with Crippen LogP contribution in [-0.2, 0) is 6.54 Å². The quantitative estimate of drug-likeness (QED) is 0.679. The number of halogens is 3. The van der Waals surface area contributed by atoms with Crippen molar-refractivity contribution in [2.45, 2.75) is 26.1 Å². The predicted molar refractivity (Wildman–Crippen MR) is 109 cm³/mol. The number of aromatic hydroxyl groups is 1. The van der Waals surface area contributed by atoms with Gasteiger partial charge in [-0.25, -0.2) is 4.79 Å². The van der Waals surface area contributed by atoms with Gasteiger partial charge < -0.3 is 19.7 Å². The second-order valence-electron chi connectivity index (χ2n) is 7.47. The van der Waals surface area contributed by atoms with Crippen molar-refractivity contribution in [1.82, 2.24) is 14.5 Å². The number of H-pyrrole nitrogens is 1. The van der Waals surface area contributed by atoms with Gasteiger partial charge in [0.2, 0.25) is 0 Å². The van der Waals surface area contributed by atoms with E-state index in [1.165, 1.54) is 22.9 Å². The van der Waals surface area contributed by atoms with Crippen LogP contribution in [0.4, 0.5) is 18.9 Å². The van der Waals surface area contributed by atoms with Crippen molar-refractivity contribution in [1.29, 1.82) is 0 Å². The highest BCUT2D eigenvalue weighted by Crippen LogP contribution is 2.33. The van der Waals surface area contributed by atoms with E-state index in [1.54, 1.807) is 13.0 Å². The van der Waals surface area contributed by atoms with Crippen LogP contribution >= 0.6 is 0 Å². The Labute approximate surface area is 176 Å². The summed E-state index contributed by atoms with van der Waals surface area (Å²) in [6, 6.07) is 4.15. The lowest BCUT2D eigenvalue weighted by atomic mass is 10.2. The monoisotopic (exact) mass is 442 g/mol. The topological polar surface area (TPSA) is 90.8 Å². The van der Waals surface area contributed by atoms with Gasteiger partial charge in [0.1, 0.15) is 11.5 Å². The third kappa shape index (κ3) is 6.03. The van der Waals surface area contributed by atoms with Crippen LogP contribution in [0.15, 0.2) is 34.0 Å². The highest BCUT2D eigenvalue weighted by molar-refractivity contribution is 5.61. The number of phenolic OH excluding ortho intramolecular Hbond substituents is 1. The molecule has 1 saturated heterocycles. The minimum atomic E-state index is -4.47. The van der Waals surface area contributed by atoms with Crippen LogP contribution in [0.2, 0.25) is 0 Å². The van der Waals surface area contributed by atoms with Gasteiger partial charge in [-0.1, -0.05) is 0 Å². The van der Waals surface area contributed by atoms with Gasteiger partial charge in [0.15, 0.2) is 6.61 Å². The van der Waals surface area contributed by atoms with Crippen LogP contribution in [-0.4, -0.2) is 65.1 Å². The molecule has 0 bridgehead atoms. The van der Waals surface area contributed by atoms with Crippen molar-refractivity contribution in [2.75, 3.05) is 44.2 Å². The van der Waals surface area contributed by atoms with E-state index < -0.39 is 18.5 Å². The fourth-order valence-electron chi connectivity index (χ4n) is 3.52. The van der Waals surface area contributed by atoms with Gasteiger partial charge in [0, 0.05) is 50.6 Å². The number of aryl methyl sites for hydroxylation is 1. The Balaban J connectivity index is 1.55. The SMILES string of the molecule is Cc1c[nH]c(=O)n(CCCN2CCN(c3ccc(O)cc3OCC(F)(F)F)CC2)c1=O. The van der Waals surface area contributed by atoms with E-state index >= 15 is 0 Å². The zero-order valence-electron chi connectivity index (χ0n) is 17.1. The van der Waals surface area contributed by atoms with Crippen molar-refractivity contribution in [3.05, 3.63) is 50.8 Å². The number of aromatic nitrogens is 2. The summed E-state index contributed by atoms with van der Waals surface area (Å²) in [6.07, 6.45) is -2.45. The number of nitrogens with zero attached hydrogens (tertiary/aromatic N) is 3. The summed E-state index contributed by atoms with van der Waals surface area (Å²) in [5, 5.41) is 9.62. The lowest BCUT2D eigenvalue weighted by Crippen LogP contribution is -2.47. The van der Waals surface area contributed by atoms with Crippen LogP contribution in [0, 0.1) is 6.92 Å². The average molecular weight is 442 g/mol. The Morgan fingerprint density at radius 1 is 1.13 bits per heavy atom. The number of phenols is 1. The smallest absolute Gasteiger partial charge is 0.422 e. The van der Waals surface area contributed by atoms with Gasteiger partial charge in [-0.3, -0.25) is 14.3 Å². The number of piperazine rings is 1. The van der Waals surface area contributed by atoms with Gasteiger partial charge in [-0.05, 0) is 32.0 Å². The largest absolute Gasteiger partial charge is 0.508 e. The summed E-state index contributed by atoms with van der Waals surface area (Å²) in [4.78, 5) is 30.5. The molecule has 1 aliphatic heterocycles. The number of hydrogen-bond donors (Lipinski definition) is 2. The number of hydrogen-bond acceptors (Lipinski definition) is 6. The van der Waals surface area contributed by atoms with E-state index in [0.29, 0.717) is 56.9 Å². The van der Waals surface area contributed by atoms with Crippen molar-refractivity contribution < 1.29 is 23.0 Å². The van der Waals surface area contributed by atoms with Crippen molar-refractivity contribution in [2.24, 2.45) is 0 Å². The molecule has 0 radical (unpaired) electrons. The molecular formula is C20H25F3N4O4. The summed E-state index contributed by atoms with van der Waals surface area (Å²) >= 11 is 0. The molecule has 0 unspecified atom stereocenters. The first kappa shape index (κ1) is 22.7. The molecular weight excluding hydrogens is 417 g/mol. The zero-order chi connectivity index (χ0) is 22.6. The summed E-state index contributed by atoms with van der Waals surface area (Å²) in [7, 11) is 0. The average Bonchev–Trinajstić information content (AvgIpc) is 2.72. The molecule has 0 atom stereocenters. The highest BCUT2D eigenvalue weighted by Gasteiger charge is 2.29. The molecule has 170 valence electrons. The molecule has 0 aliphatic carbocycles. The van der Waals surface area contributed by atoms with Crippen LogP contribution < -0.4 is 20.9 Å². The summed E-state index contributed by atoms with van der Waals surface area (Å²) in [5.41, 5.74) is 0.247. The predicted octanol–water partition coefficient (Wildman–Crippen LogP) is 1.70. The van der Waals surface area contributed by atoms with E-state index in [-0.39, 0.29) is 17.1 Å². The van der Waals surface area contributed by atoms with E-state index in [1.807, 2.05) is 4.90 Å². The molecule has 2 heterocycles. The summed E-state index contributed by atoms with van der Waals surface area (Å²) < 4.78 is 43.7. The molecule has 1 aromatic heterocycles. The summed E-state index contributed by atoms with van der Waals surface area (Å²) in [5.74, 6) is -0.176. The maximum absolute atomic E-state index is 12.5. The van der Waals surface area contributed by atoms with Crippen LogP contribution in [0.3, 0.4) is 0 Å². The maximum atomic E-state index is 12.5. The van der Waals surface area contributed by atoms with Gasteiger partial charge in [0.05, 0.1) is 5.69 Å². The fraction of sp³-hybridized carbons (Fsp3) is 0.500. The lowest BCUT2D eigenvalue weighted by Gasteiger charge is -2.36. The fourth-order valence-corrected chi connectivity index (χ4v) is 3.52. The van der Waals surface area contributed by atoms with Crippen LogP contribution in [0.25, 0.3) is 0 Å². The van der Waals surface area contributed by atoms with E-state index in [0.717, 1.165) is 0 Å². The van der Waals surface area contributed by atoms with Crippen LogP contribution in [0.1, 0.15) is 12.0 Å². The minimum absolute atomic E-state index is 0.0103. The second-order valence-corrected chi connectivity index (χ2v) is 7.47. The molecule has 2 aromatic rings. The molecule has 0 saturated carbocycles. The highest BCUT2D eigenvalue weighted by atomic mass is 19.4. The van der Waals surface area contributed by atoms with Crippen molar-refractivity contribution >= 4 is 5.69 Å². The maximum Gasteiger partial charge on any atom is 0.422 e. The Morgan fingerprint density at radius 2 is 1.84 bits per heavy atom. The second kappa shape index (κ2) is 9.46. The molecule has 11 heteroatoms. The van der Waals surface area contributed by atoms with E-state index in [4.69, 9.17) is 4.74 Å². The molecule has 1 aromatic carbocycles. The van der Waals surface area contributed by atoms with Crippen molar-refractivity contribution in [3.8, 4) is 11.5 Å². The summed E-state index contributed by atoms with van der Waals surface area (Å²) in [6.45, 7) is 3.67. The first-order valence-electron chi connectivity index (χ1n) is 9.93. The molecule has 3 rings (SSSR count). The number of alkyl halides is 3. The first-order chi connectivity index (χ1) is 14.6. The minimum Gasteiger partial charge on any atom is -0.508 e. The standard InChI is InChI=1S/C20H25F3N4O4/c1-14-12-24-19(30)27(18(14)29)6-2-5-25-7-9-26(10-8-25)16-4-3-15(28)11-17(16)31-13-20(21,22)23/h3-4,11-12,28H,2,5-10,13H2,1H3,(H,24,30). The zero-order valence-corrected chi connectivity index (χ0v) is 17.1. The molecule has 8 nitrogen and oxygen atoms in total. The van der Waals surface area contributed by atoms with Crippen molar-refractivity contribution in [3.63, 3.8) is 0 Å². The lowest BCUT2D eigenvalue weighted by molar-refractivity contribution is -0.153. The van der Waals surface area contributed by atoms with E-state index in [9.17, 15) is 27.9 Å². The molecule has 0 amide bonds. The Hall–Kier alpha value is -2.95. The Kier molecular flexibility index (Phi) is 6.94. The van der Waals surface area contributed by atoms with E-state index in [2.05, 4.69) is 9.88 Å². The molecule has 1 aliphatic rings. The van der Waals surface area contributed by atoms with Gasteiger partial charge in [-0.15, -0.1) is 0 Å². The third-order valence-corrected chi connectivity index (χ3v) is 5.14. The van der Waals surface area contributed by atoms with Gasteiger partial charge in [0.25, 0.3) is 5.56 Å². The molecule has 31 heavy (non-hydrogen) atoms. The molecule has 0 spiro atoms. The number of anilines is 1. The number of rotatable bonds is 7. The number of nitrogens with one attached hydrogen (secondary N) is 1. The number of aromatic amines is 1. The number of ether oxygens (including phenoxy) is 1. The first-order valence-corrected chi connectivity index (χ1v) is 9.93. The normalized spacial score (nSPS) is 15.3. The molecule has 2 N–H and O–H groups in total. The number of benzene rings is 1.